The molecule has 5 heteroatoms. The molecule has 29 heavy (non-hydrogen) atoms. The van der Waals surface area contributed by atoms with Crippen molar-refractivity contribution in [2.75, 3.05) is 7.11 Å². The quantitative estimate of drug-likeness (QED) is 0.311. The second kappa shape index (κ2) is 9.14. The van der Waals surface area contributed by atoms with Crippen LogP contribution in [0.1, 0.15) is 18.4 Å². The summed E-state index contributed by atoms with van der Waals surface area (Å²) in [6, 6.07) is 16.8. The van der Waals surface area contributed by atoms with Gasteiger partial charge in [-0.2, -0.15) is 0 Å². The molecular weight excluding hydrogens is 394 g/mol. The van der Waals surface area contributed by atoms with E-state index in [2.05, 4.69) is 31.2 Å². The number of hydrogen-bond acceptors (Lipinski definition) is 2. The average Bonchev–Trinajstić information content (AvgIpc) is 3.04. The Morgan fingerprint density at radius 2 is 1.86 bits per heavy atom. The lowest BCUT2D eigenvalue weighted by Crippen LogP contribution is -2.19. The zero-order valence-corrected chi connectivity index (χ0v) is 19.7. The summed E-state index contributed by atoms with van der Waals surface area (Å²) in [5.74, 6) is 0.818. The second-order valence-electron chi connectivity index (χ2n) is 8.77. The molecule has 3 rings (SSSR count). The Labute approximate surface area is 177 Å². The predicted molar refractivity (Wildman–Crippen MR) is 126 cm³/mol. The van der Waals surface area contributed by atoms with Crippen molar-refractivity contribution in [3.63, 3.8) is 0 Å². The van der Waals surface area contributed by atoms with Gasteiger partial charge in [0.05, 0.1) is 7.11 Å². The fourth-order valence-corrected chi connectivity index (χ4v) is 6.71. The van der Waals surface area contributed by atoms with Crippen LogP contribution in [0.25, 0.3) is 10.9 Å². The molecule has 1 heterocycles. The normalized spacial score (nSPS) is 12.8. The molecule has 2 aromatic carbocycles. The van der Waals surface area contributed by atoms with Crippen molar-refractivity contribution in [1.29, 1.82) is 0 Å². The summed E-state index contributed by atoms with van der Waals surface area (Å²) in [4.78, 5) is 4.23. The average molecular weight is 426 g/mol. The lowest BCUT2D eigenvalue weighted by Gasteiger charge is -2.17. The van der Waals surface area contributed by atoms with E-state index >= 15 is 0 Å². The lowest BCUT2D eigenvalue weighted by molar-refractivity contribution is 0.415. The minimum atomic E-state index is -1.24. The van der Waals surface area contributed by atoms with Crippen LogP contribution in [0.3, 0.4) is 0 Å². The molecule has 0 aliphatic rings. The van der Waals surface area contributed by atoms with Gasteiger partial charge in [-0.3, -0.25) is 0 Å². The molecule has 0 saturated heterocycles. The van der Waals surface area contributed by atoms with Crippen LogP contribution in [0.5, 0.6) is 5.75 Å². The first-order valence-electron chi connectivity index (χ1n) is 10.1. The topological polar surface area (TPSA) is 42.1 Å². The van der Waals surface area contributed by atoms with Crippen molar-refractivity contribution in [3.05, 3.63) is 66.2 Å². The molecule has 0 spiro atoms. The number of aromatic amines is 1. The van der Waals surface area contributed by atoms with Crippen LogP contribution in [0, 0.1) is 0 Å². The molecule has 0 aliphatic carbocycles. The number of rotatable bonds is 9. The second-order valence-corrected chi connectivity index (χ2v) is 15.7. The highest BCUT2D eigenvalue weighted by atomic mass is 32.2. The van der Waals surface area contributed by atoms with Gasteiger partial charge < -0.3 is 9.72 Å². The molecule has 3 nitrogen and oxygen atoms in total. The highest BCUT2D eigenvalue weighted by molar-refractivity contribution is 7.85. The van der Waals surface area contributed by atoms with E-state index in [-0.39, 0.29) is 0 Å². The van der Waals surface area contributed by atoms with Crippen LogP contribution in [0.4, 0.5) is 0 Å². The van der Waals surface area contributed by atoms with Gasteiger partial charge in [-0.1, -0.05) is 43.4 Å². The van der Waals surface area contributed by atoms with E-state index in [0.717, 1.165) is 57.4 Å². The first-order valence-corrected chi connectivity index (χ1v) is 15.0. The van der Waals surface area contributed by atoms with Crippen molar-refractivity contribution in [3.8, 4) is 5.75 Å². The monoisotopic (exact) mass is 425 g/mol. The zero-order chi connectivity index (χ0) is 21.0. The molecule has 0 saturated carbocycles. The Morgan fingerprint density at radius 1 is 1.14 bits per heavy atom. The van der Waals surface area contributed by atoms with E-state index < -0.39 is 18.9 Å². The number of hydrogen-bond donors (Lipinski definition) is 1. The summed E-state index contributed by atoms with van der Waals surface area (Å²) in [6.07, 6.45) is 2.89. The first kappa shape index (κ1) is 21.6. The van der Waals surface area contributed by atoms with E-state index in [9.17, 15) is 4.21 Å². The molecular formula is C24H31NO2SSi. The van der Waals surface area contributed by atoms with Gasteiger partial charge in [-0.25, -0.2) is 4.21 Å². The fourth-order valence-electron chi connectivity index (χ4n) is 3.75. The zero-order valence-electron chi connectivity index (χ0n) is 17.9. The Bertz CT molecular complexity index is 1020. The number of H-pyrrole nitrogens is 1. The molecule has 3 aromatic rings. The van der Waals surface area contributed by atoms with Gasteiger partial charge in [0.15, 0.2) is 0 Å². The van der Waals surface area contributed by atoms with Crippen molar-refractivity contribution >= 4 is 29.8 Å². The van der Waals surface area contributed by atoms with Gasteiger partial charge in [-0.05, 0) is 61.2 Å². The molecule has 1 atom stereocenters. The molecule has 154 valence electrons. The van der Waals surface area contributed by atoms with Crippen LogP contribution in [-0.2, 0) is 17.2 Å². The van der Waals surface area contributed by atoms with Gasteiger partial charge in [0.1, 0.15) is 21.6 Å². The van der Waals surface area contributed by atoms with Crippen LogP contribution in [-0.4, -0.2) is 24.4 Å². The van der Waals surface area contributed by atoms with Gasteiger partial charge >= 0.3 is 0 Å². The summed E-state index contributed by atoms with van der Waals surface area (Å²) in [6.45, 7) is 11.4. The molecule has 0 bridgehead atoms. The van der Waals surface area contributed by atoms with Gasteiger partial charge in [0.25, 0.3) is 0 Å². The molecule has 0 radical (unpaired) electrons. The maximum Gasteiger partial charge on any atom is 0.119 e. The maximum absolute atomic E-state index is 13.3. The number of aryl methyl sites for hydroxylation is 1. The first-order chi connectivity index (χ1) is 13.8. The van der Waals surface area contributed by atoms with E-state index in [0.29, 0.717) is 0 Å². The minimum Gasteiger partial charge on any atom is -0.497 e. The number of methoxy groups -OCH3 is 1. The number of aromatic nitrogens is 1. The van der Waals surface area contributed by atoms with Gasteiger partial charge in [0, 0.05) is 23.9 Å². The molecule has 0 amide bonds. The van der Waals surface area contributed by atoms with E-state index in [1.54, 1.807) is 7.11 Å². The number of nitrogens with one attached hydrogen (secondary N) is 1. The highest BCUT2D eigenvalue weighted by Crippen LogP contribution is 2.32. The Hall–Kier alpha value is -2.11. The van der Waals surface area contributed by atoms with E-state index in [1.807, 2.05) is 48.5 Å². The Morgan fingerprint density at radius 3 is 2.52 bits per heavy atom. The molecule has 0 aliphatic heterocycles. The predicted octanol–water partition coefficient (Wildman–Crippen LogP) is 6.56. The summed E-state index contributed by atoms with van der Waals surface area (Å²) in [7, 11) is -0.700. The lowest BCUT2D eigenvalue weighted by atomic mass is 10.0. The molecule has 1 unspecified atom stereocenters. The Balaban J connectivity index is 1.90. The third-order valence-corrected chi connectivity index (χ3v) is 7.93. The summed E-state index contributed by atoms with van der Waals surface area (Å²) < 4.78 is 18.7. The Kier molecular flexibility index (Phi) is 6.80. The third-order valence-electron chi connectivity index (χ3n) is 4.95. The fraction of sp³-hybridized carbons (Fsp3) is 0.333. The van der Waals surface area contributed by atoms with Crippen molar-refractivity contribution in [1.82, 2.24) is 4.98 Å². The molecule has 1 N–H and O–H groups in total. The summed E-state index contributed by atoms with van der Waals surface area (Å²) in [5.41, 5.74) is 3.47. The van der Waals surface area contributed by atoms with Crippen LogP contribution in [0.2, 0.25) is 25.7 Å². The van der Waals surface area contributed by atoms with Crippen LogP contribution in [0.15, 0.2) is 70.6 Å². The molecule has 1 aromatic heterocycles. The largest absolute Gasteiger partial charge is 0.497 e. The van der Waals surface area contributed by atoms with Crippen LogP contribution >= 0.6 is 0 Å². The van der Waals surface area contributed by atoms with E-state index in [1.165, 1.54) is 5.57 Å². The minimum absolute atomic E-state index is 0.801. The number of ether oxygens (including phenoxy) is 1. The maximum atomic E-state index is 13.3. The smallest absolute Gasteiger partial charge is 0.119 e. The summed E-state index contributed by atoms with van der Waals surface area (Å²) >= 11 is 0. The number of fused-ring (bicyclic) bond motifs is 1. The highest BCUT2D eigenvalue weighted by Gasteiger charge is 2.19. The van der Waals surface area contributed by atoms with Crippen molar-refractivity contribution in [2.24, 2.45) is 0 Å². The number of benzene rings is 2. The SMILES string of the molecule is C=C(CCCc1c(S(=O)c2ccccc2)[nH]c2ccc(OC)cc12)C[Si](C)(C)C. The van der Waals surface area contributed by atoms with Crippen LogP contribution < -0.4 is 4.74 Å². The van der Waals surface area contributed by atoms with Gasteiger partial charge in [-0.15, -0.1) is 6.58 Å². The van der Waals surface area contributed by atoms with Crippen molar-refractivity contribution < 1.29 is 8.95 Å². The number of allylic oxidation sites excluding steroid dienone is 1. The van der Waals surface area contributed by atoms with Crippen molar-refractivity contribution in [2.45, 2.75) is 54.9 Å². The van der Waals surface area contributed by atoms with Gasteiger partial charge in [0.2, 0.25) is 0 Å². The summed E-state index contributed by atoms with van der Waals surface area (Å²) in [5, 5.41) is 1.90. The third kappa shape index (κ3) is 5.49. The van der Waals surface area contributed by atoms with E-state index in [4.69, 9.17) is 4.74 Å². The standard InChI is InChI=1S/C24H31NO2SSi/c1-18(17-29(3,4)5)10-9-13-21-22-16-19(27-2)14-15-23(22)25-24(21)28(26)20-11-7-6-8-12-20/h6-8,11-12,14-16,25H,1,9-10,13,17H2,2-5H3. The molecule has 0 fully saturated rings.